The van der Waals surface area contributed by atoms with Crippen LogP contribution in [0.5, 0.6) is 0 Å². The summed E-state index contributed by atoms with van der Waals surface area (Å²) in [5, 5.41) is 9.86. The molecule has 2 atom stereocenters. The molecule has 8 nitrogen and oxygen atoms in total. The van der Waals surface area contributed by atoms with Crippen LogP contribution in [0.2, 0.25) is 5.02 Å². The summed E-state index contributed by atoms with van der Waals surface area (Å²) < 4.78 is 8.95. The maximum atomic E-state index is 11.4. The summed E-state index contributed by atoms with van der Waals surface area (Å²) in [6.45, 7) is 3.95. The second kappa shape index (κ2) is 14.0. The van der Waals surface area contributed by atoms with Gasteiger partial charge in [-0.3, -0.25) is 14.5 Å². The first-order valence-electron chi connectivity index (χ1n) is 9.17. The van der Waals surface area contributed by atoms with Crippen LogP contribution < -0.4 is 5.73 Å². The Morgan fingerprint density at radius 3 is 2.67 bits per heavy atom. The third-order valence-corrected chi connectivity index (χ3v) is 5.69. The highest BCUT2D eigenvalue weighted by Crippen LogP contribution is 2.29. The maximum Gasteiger partial charge on any atom is 0.328 e. The molecule has 2 unspecified atom stereocenters. The number of halogens is 1. The van der Waals surface area contributed by atoms with Crippen molar-refractivity contribution in [1.29, 1.82) is 0 Å². The van der Waals surface area contributed by atoms with E-state index >= 15 is 0 Å². The van der Waals surface area contributed by atoms with Gasteiger partial charge >= 0.3 is 11.9 Å². The number of likely N-dealkylation sites (tertiary alicyclic amines) is 1. The predicted octanol–water partition coefficient (Wildman–Crippen LogP) is 2.30. The van der Waals surface area contributed by atoms with Gasteiger partial charge in [0.25, 0.3) is 6.47 Å². The SMILES string of the molecule is CC(N)C(=O)OCSC1CCN(Cc2ccccc2Cl)C/C1=C/C(=O)O.COC=O. The maximum absolute atomic E-state index is 11.4. The van der Waals surface area contributed by atoms with Crippen LogP contribution in [-0.4, -0.2) is 65.8 Å². The van der Waals surface area contributed by atoms with E-state index in [0.29, 0.717) is 24.6 Å². The van der Waals surface area contributed by atoms with E-state index in [0.717, 1.165) is 24.1 Å². The van der Waals surface area contributed by atoms with Crippen molar-refractivity contribution in [1.82, 2.24) is 4.90 Å². The number of esters is 1. The summed E-state index contributed by atoms with van der Waals surface area (Å²) in [5.41, 5.74) is 7.28. The molecule has 1 aromatic rings. The lowest BCUT2D eigenvalue weighted by Gasteiger charge is -2.34. The number of nitrogens with two attached hydrogens (primary N) is 1. The second-order valence-corrected chi connectivity index (χ2v) is 8.05. The minimum atomic E-state index is -0.974. The molecule has 166 valence electrons. The number of carbonyl (C=O) groups is 3. The number of piperidine rings is 1. The molecule has 3 N–H and O–H groups in total. The monoisotopic (exact) mass is 458 g/mol. The molecule has 1 aliphatic rings. The summed E-state index contributed by atoms with van der Waals surface area (Å²) in [6.07, 6.45) is 2.02. The average Bonchev–Trinajstić information content (AvgIpc) is 2.70. The molecule has 1 aromatic carbocycles. The van der Waals surface area contributed by atoms with Crippen molar-refractivity contribution in [2.75, 3.05) is 26.1 Å². The Morgan fingerprint density at radius 1 is 1.43 bits per heavy atom. The zero-order valence-corrected chi connectivity index (χ0v) is 18.5. The standard InChI is InChI=1S/C18H23ClN2O4S.C2H4O2/c1-12(20)18(24)25-11-26-16-6-7-21(10-14(16)8-17(22)23)9-13-4-2-3-5-15(13)19;1-4-2-3/h2-5,8,12,16H,6-7,9-11,20H2,1H3,(H,22,23);2H,1H3/b14-8-;. The molecule has 30 heavy (non-hydrogen) atoms. The Balaban J connectivity index is 0.00000103. The molecule has 1 heterocycles. The second-order valence-electron chi connectivity index (χ2n) is 6.51. The number of methoxy groups -OCH3 is 1. The zero-order valence-electron chi connectivity index (χ0n) is 17.0. The molecule has 1 aliphatic heterocycles. The lowest BCUT2D eigenvalue weighted by molar-refractivity contribution is -0.142. The van der Waals surface area contributed by atoms with Crippen molar-refractivity contribution >= 4 is 41.8 Å². The molecule has 0 saturated carbocycles. The molecule has 1 fully saturated rings. The van der Waals surface area contributed by atoms with E-state index in [4.69, 9.17) is 32.0 Å². The Bertz CT molecular complexity index is 744. The number of rotatable bonds is 8. The number of carboxylic acid groups (broad SMARTS) is 1. The van der Waals surface area contributed by atoms with Gasteiger partial charge in [-0.1, -0.05) is 29.8 Å². The van der Waals surface area contributed by atoms with Gasteiger partial charge in [-0.2, -0.15) is 0 Å². The van der Waals surface area contributed by atoms with Gasteiger partial charge in [-0.15, -0.1) is 11.8 Å². The van der Waals surface area contributed by atoms with Crippen LogP contribution in [-0.2, 0) is 30.4 Å². The molecule has 0 aliphatic carbocycles. The van der Waals surface area contributed by atoms with Crippen molar-refractivity contribution in [3.8, 4) is 0 Å². The molecule has 2 rings (SSSR count). The molecule has 0 spiro atoms. The van der Waals surface area contributed by atoms with Crippen LogP contribution in [0.1, 0.15) is 18.9 Å². The molecule has 0 bridgehead atoms. The number of hydrogen-bond donors (Lipinski definition) is 2. The van der Waals surface area contributed by atoms with Gasteiger partial charge in [0.15, 0.2) is 0 Å². The molecular formula is C20H27ClN2O6S. The molecule has 10 heteroatoms. The highest BCUT2D eigenvalue weighted by molar-refractivity contribution is 7.99. The fourth-order valence-electron chi connectivity index (χ4n) is 2.72. The fraction of sp³-hybridized carbons (Fsp3) is 0.450. The number of hydrogen-bond acceptors (Lipinski definition) is 8. The number of nitrogens with zero attached hydrogens (tertiary/aromatic N) is 1. The van der Waals surface area contributed by atoms with Gasteiger partial charge < -0.3 is 20.3 Å². The quantitative estimate of drug-likeness (QED) is 0.261. The van der Waals surface area contributed by atoms with Gasteiger partial charge in [-0.25, -0.2) is 4.79 Å². The minimum Gasteiger partial charge on any atom is -0.478 e. The van der Waals surface area contributed by atoms with E-state index < -0.39 is 18.0 Å². The largest absolute Gasteiger partial charge is 0.478 e. The van der Waals surface area contributed by atoms with Crippen LogP contribution in [0.25, 0.3) is 0 Å². The Labute approximate surface area is 185 Å². The summed E-state index contributed by atoms with van der Waals surface area (Å²) in [6, 6.07) is 6.97. The first kappa shape index (κ1) is 26.0. The van der Waals surface area contributed by atoms with Gasteiger partial charge in [0.05, 0.1) is 7.11 Å². The van der Waals surface area contributed by atoms with E-state index in [-0.39, 0.29) is 11.2 Å². The van der Waals surface area contributed by atoms with E-state index in [1.165, 1.54) is 24.9 Å². The van der Waals surface area contributed by atoms with Crippen molar-refractivity contribution in [2.24, 2.45) is 5.73 Å². The van der Waals surface area contributed by atoms with Crippen molar-refractivity contribution in [3.05, 3.63) is 46.5 Å². The van der Waals surface area contributed by atoms with Crippen LogP contribution >= 0.6 is 23.4 Å². The minimum absolute atomic E-state index is 0.00511. The first-order chi connectivity index (χ1) is 14.3. The van der Waals surface area contributed by atoms with Crippen molar-refractivity contribution < 1.29 is 29.0 Å². The van der Waals surface area contributed by atoms with Gasteiger partial charge in [-0.05, 0) is 30.5 Å². The topological polar surface area (TPSA) is 119 Å². The van der Waals surface area contributed by atoms with Gasteiger partial charge in [0.1, 0.15) is 12.0 Å². The van der Waals surface area contributed by atoms with Gasteiger partial charge in [0.2, 0.25) is 0 Å². The molecule has 0 aromatic heterocycles. The third kappa shape index (κ3) is 9.62. The van der Waals surface area contributed by atoms with Crippen molar-refractivity contribution in [2.45, 2.75) is 31.2 Å². The average molecular weight is 459 g/mol. The summed E-state index contributed by atoms with van der Waals surface area (Å²) in [5.74, 6) is -1.28. The number of carboxylic acids is 1. The summed E-state index contributed by atoms with van der Waals surface area (Å²) in [7, 11) is 1.31. The van der Waals surface area contributed by atoms with Crippen LogP contribution in [0.4, 0.5) is 0 Å². The van der Waals surface area contributed by atoms with Gasteiger partial charge in [0, 0.05) is 36.0 Å². The zero-order chi connectivity index (χ0) is 22.5. The Kier molecular flexibility index (Phi) is 12.1. The van der Waals surface area contributed by atoms with E-state index in [2.05, 4.69) is 9.64 Å². The Hall–Kier alpha value is -2.07. The third-order valence-electron chi connectivity index (χ3n) is 4.13. The number of benzene rings is 1. The highest BCUT2D eigenvalue weighted by atomic mass is 35.5. The molecule has 0 radical (unpaired) electrons. The number of ether oxygens (including phenoxy) is 2. The first-order valence-corrected chi connectivity index (χ1v) is 10.6. The van der Waals surface area contributed by atoms with E-state index in [1.54, 1.807) is 6.92 Å². The summed E-state index contributed by atoms with van der Waals surface area (Å²) in [4.78, 5) is 33.7. The Morgan fingerprint density at radius 2 is 2.10 bits per heavy atom. The molecular weight excluding hydrogens is 432 g/mol. The fourth-order valence-corrected chi connectivity index (χ4v) is 3.89. The molecule has 1 saturated heterocycles. The lowest BCUT2D eigenvalue weighted by atomic mass is 10.0. The van der Waals surface area contributed by atoms with Crippen LogP contribution in [0, 0.1) is 0 Å². The van der Waals surface area contributed by atoms with E-state index in [1.807, 2.05) is 24.3 Å². The van der Waals surface area contributed by atoms with Crippen molar-refractivity contribution in [3.63, 3.8) is 0 Å². The van der Waals surface area contributed by atoms with Crippen LogP contribution in [0.15, 0.2) is 35.9 Å². The highest BCUT2D eigenvalue weighted by Gasteiger charge is 2.26. The number of carbonyl (C=O) groups excluding carboxylic acids is 2. The number of thioether (sulfide) groups is 1. The normalized spacial score (nSPS) is 18.7. The number of aliphatic carboxylic acids is 1. The smallest absolute Gasteiger partial charge is 0.328 e. The summed E-state index contributed by atoms with van der Waals surface area (Å²) >= 11 is 7.64. The predicted molar refractivity (Wildman–Crippen MR) is 116 cm³/mol. The van der Waals surface area contributed by atoms with E-state index in [9.17, 15) is 9.59 Å². The molecule has 0 amide bonds. The lowest BCUT2D eigenvalue weighted by Crippen LogP contribution is -2.37. The van der Waals surface area contributed by atoms with Crippen LogP contribution in [0.3, 0.4) is 0 Å².